The summed E-state index contributed by atoms with van der Waals surface area (Å²) in [6.07, 6.45) is 5.70. The summed E-state index contributed by atoms with van der Waals surface area (Å²) in [4.78, 5) is 2.58. The van der Waals surface area contributed by atoms with Crippen molar-refractivity contribution < 1.29 is 0 Å². The highest BCUT2D eigenvalue weighted by Crippen LogP contribution is 2.35. The second kappa shape index (κ2) is 6.46. The van der Waals surface area contributed by atoms with Crippen molar-refractivity contribution in [1.29, 1.82) is 0 Å². The van der Waals surface area contributed by atoms with E-state index < -0.39 is 0 Å². The summed E-state index contributed by atoms with van der Waals surface area (Å²) in [5.41, 5.74) is 1.12. The van der Waals surface area contributed by atoms with Gasteiger partial charge in [0, 0.05) is 12.1 Å². The first-order chi connectivity index (χ1) is 9.52. The van der Waals surface area contributed by atoms with Crippen molar-refractivity contribution >= 4 is 11.6 Å². The highest BCUT2D eigenvalue weighted by atomic mass is 35.5. The van der Waals surface area contributed by atoms with Gasteiger partial charge in [-0.2, -0.15) is 5.10 Å². The number of likely N-dealkylation sites (N-methyl/N-ethyl adjacent to an activating group) is 1. The van der Waals surface area contributed by atoms with E-state index in [1.165, 1.54) is 32.4 Å². The van der Waals surface area contributed by atoms with Crippen molar-refractivity contribution in [2.45, 2.75) is 58.2 Å². The maximum absolute atomic E-state index is 6.40. The minimum absolute atomic E-state index is 0.0196. The average molecular weight is 299 g/mol. The largest absolute Gasteiger partial charge is 0.310 e. The minimum atomic E-state index is 0.0196. The summed E-state index contributed by atoms with van der Waals surface area (Å²) < 4.78 is 2.01. The van der Waals surface area contributed by atoms with Crippen molar-refractivity contribution in [2.24, 2.45) is 0 Å². The van der Waals surface area contributed by atoms with Crippen molar-refractivity contribution in [3.05, 3.63) is 16.9 Å². The van der Waals surface area contributed by atoms with Gasteiger partial charge in [0.2, 0.25) is 0 Å². The lowest BCUT2D eigenvalue weighted by Gasteiger charge is -2.46. The smallest absolute Gasteiger partial charge is 0.0834 e. The van der Waals surface area contributed by atoms with E-state index in [4.69, 9.17) is 11.6 Å². The Morgan fingerprint density at radius 1 is 1.35 bits per heavy atom. The molecule has 20 heavy (non-hydrogen) atoms. The van der Waals surface area contributed by atoms with Crippen molar-refractivity contribution in [1.82, 2.24) is 20.0 Å². The summed E-state index contributed by atoms with van der Waals surface area (Å²) in [6, 6.07) is 0.176. The first-order valence-electron chi connectivity index (χ1n) is 7.65. The third-order valence-corrected chi connectivity index (χ3v) is 4.86. The molecule has 1 fully saturated rings. The van der Waals surface area contributed by atoms with Gasteiger partial charge in [-0.1, -0.05) is 18.0 Å². The fourth-order valence-electron chi connectivity index (χ4n) is 3.39. The lowest BCUT2D eigenvalue weighted by molar-refractivity contribution is 0.0605. The van der Waals surface area contributed by atoms with Gasteiger partial charge in [-0.05, 0) is 53.8 Å². The zero-order chi connectivity index (χ0) is 14.8. The molecule has 1 unspecified atom stereocenters. The van der Waals surface area contributed by atoms with Gasteiger partial charge < -0.3 is 5.32 Å². The molecule has 2 rings (SSSR count). The minimum Gasteiger partial charge on any atom is -0.310 e. The molecular weight excluding hydrogens is 272 g/mol. The average Bonchev–Trinajstić information content (AvgIpc) is 2.82. The molecular formula is C15H27ClN4. The number of aromatic nitrogens is 2. The van der Waals surface area contributed by atoms with Crippen LogP contribution in [0.1, 0.15) is 51.8 Å². The van der Waals surface area contributed by atoms with Gasteiger partial charge in [-0.15, -0.1) is 0 Å². The lowest BCUT2D eigenvalue weighted by atomic mass is 9.88. The fraction of sp³-hybridized carbons (Fsp3) is 0.800. The Labute approximate surface area is 127 Å². The SMILES string of the molecule is CCn1ncc(Cl)c1C(NC)C(C)(C)N1CCCCC1. The Kier molecular flexibility index (Phi) is 5.10. The summed E-state index contributed by atoms with van der Waals surface area (Å²) in [5.74, 6) is 0. The number of nitrogens with one attached hydrogen (secondary N) is 1. The van der Waals surface area contributed by atoms with Crippen LogP contribution < -0.4 is 5.32 Å². The molecule has 0 saturated carbocycles. The Morgan fingerprint density at radius 2 is 2.00 bits per heavy atom. The number of rotatable bonds is 5. The Bertz CT molecular complexity index is 435. The Morgan fingerprint density at radius 3 is 2.55 bits per heavy atom. The highest BCUT2D eigenvalue weighted by molar-refractivity contribution is 6.31. The van der Waals surface area contributed by atoms with Gasteiger partial charge in [0.25, 0.3) is 0 Å². The molecule has 1 aliphatic rings. The number of likely N-dealkylation sites (tertiary alicyclic amines) is 1. The molecule has 5 heteroatoms. The van der Waals surface area contributed by atoms with Gasteiger partial charge in [-0.3, -0.25) is 9.58 Å². The van der Waals surface area contributed by atoms with Crippen LogP contribution in [0.4, 0.5) is 0 Å². The van der Waals surface area contributed by atoms with Crippen molar-refractivity contribution in [3.8, 4) is 0 Å². The van der Waals surface area contributed by atoms with Gasteiger partial charge in [0.15, 0.2) is 0 Å². The highest BCUT2D eigenvalue weighted by Gasteiger charge is 2.38. The molecule has 114 valence electrons. The predicted octanol–water partition coefficient (Wildman–Crippen LogP) is 3.08. The van der Waals surface area contributed by atoms with Crippen LogP contribution in [0.3, 0.4) is 0 Å². The van der Waals surface area contributed by atoms with E-state index in [2.05, 4.69) is 36.1 Å². The molecule has 1 aromatic heterocycles. The zero-order valence-electron chi connectivity index (χ0n) is 13.1. The molecule has 1 aliphatic heterocycles. The number of halogens is 1. The second-order valence-electron chi connectivity index (χ2n) is 6.12. The molecule has 1 N–H and O–H groups in total. The topological polar surface area (TPSA) is 33.1 Å². The maximum Gasteiger partial charge on any atom is 0.0834 e. The molecule has 0 amide bonds. The van der Waals surface area contributed by atoms with E-state index in [1.807, 2.05) is 11.7 Å². The van der Waals surface area contributed by atoms with Crippen LogP contribution in [0.25, 0.3) is 0 Å². The molecule has 0 bridgehead atoms. The summed E-state index contributed by atoms with van der Waals surface area (Å²) >= 11 is 6.40. The molecule has 1 aromatic rings. The van der Waals surface area contributed by atoms with Crippen LogP contribution in [-0.4, -0.2) is 40.4 Å². The number of aryl methyl sites for hydroxylation is 1. The van der Waals surface area contributed by atoms with E-state index in [1.54, 1.807) is 6.20 Å². The summed E-state index contributed by atoms with van der Waals surface area (Å²) in [7, 11) is 2.01. The molecule has 0 aromatic carbocycles. The van der Waals surface area contributed by atoms with Crippen molar-refractivity contribution in [3.63, 3.8) is 0 Å². The molecule has 0 aliphatic carbocycles. The second-order valence-corrected chi connectivity index (χ2v) is 6.52. The van der Waals surface area contributed by atoms with Gasteiger partial charge >= 0.3 is 0 Å². The van der Waals surface area contributed by atoms with Crippen LogP contribution in [0.15, 0.2) is 6.20 Å². The van der Waals surface area contributed by atoms with Crippen LogP contribution in [0, 0.1) is 0 Å². The third-order valence-electron chi connectivity index (χ3n) is 4.57. The third kappa shape index (κ3) is 2.87. The van der Waals surface area contributed by atoms with E-state index in [-0.39, 0.29) is 11.6 Å². The van der Waals surface area contributed by atoms with Crippen LogP contribution in [0.5, 0.6) is 0 Å². The summed E-state index contributed by atoms with van der Waals surface area (Å²) in [6.45, 7) is 9.90. The first kappa shape index (κ1) is 15.8. The number of nitrogens with zero attached hydrogens (tertiary/aromatic N) is 3. The first-order valence-corrected chi connectivity index (χ1v) is 8.03. The fourth-order valence-corrected chi connectivity index (χ4v) is 3.64. The van der Waals surface area contributed by atoms with E-state index in [9.17, 15) is 0 Å². The quantitative estimate of drug-likeness (QED) is 0.907. The maximum atomic E-state index is 6.40. The van der Waals surface area contributed by atoms with E-state index in [0.29, 0.717) is 0 Å². The molecule has 0 spiro atoms. The predicted molar refractivity (Wildman–Crippen MR) is 84.2 cm³/mol. The van der Waals surface area contributed by atoms with Gasteiger partial charge in [0.1, 0.15) is 0 Å². The van der Waals surface area contributed by atoms with Crippen molar-refractivity contribution in [2.75, 3.05) is 20.1 Å². The molecule has 4 nitrogen and oxygen atoms in total. The normalized spacial score (nSPS) is 19.2. The number of piperidine rings is 1. The Balaban J connectivity index is 2.32. The number of hydrogen-bond acceptors (Lipinski definition) is 3. The van der Waals surface area contributed by atoms with E-state index >= 15 is 0 Å². The standard InChI is InChI=1S/C15H27ClN4/c1-5-20-13(12(16)11-18-20)14(17-4)15(2,3)19-9-7-6-8-10-19/h11,14,17H,5-10H2,1-4H3. The summed E-state index contributed by atoms with van der Waals surface area (Å²) in [5, 5.41) is 8.62. The molecule has 2 heterocycles. The van der Waals surface area contributed by atoms with E-state index in [0.717, 1.165) is 17.3 Å². The van der Waals surface area contributed by atoms with Crippen LogP contribution in [-0.2, 0) is 6.54 Å². The Hall–Kier alpha value is -0.580. The monoisotopic (exact) mass is 298 g/mol. The molecule has 1 atom stereocenters. The molecule has 1 saturated heterocycles. The zero-order valence-corrected chi connectivity index (χ0v) is 13.9. The van der Waals surface area contributed by atoms with Gasteiger partial charge in [-0.25, -0.2) is 0 Å². The van der Waals surface area contributed by atoms with Crippen LogP contribution >= 0.6 is 11.6 Å². The molecule has 0 radical (unpaired) electrons. The number of hydrogen-bond donors (Lipinski definition) is 1. The van der Waals surface area contributed by atoms with Crippen LogP contribution in [0.2, 0.25) is 5.02 Å². The lowest BCUT2D eigenvalue weighted by Crippen LogP contribution is -2.54. The van der Waals surface area contributed by atoms with Gasteiger partial charge in [0.05, 0.1) is 23.0 Å².